The predicted octanol–water partition coefficient (Wildman–Crippen LogP) is 6.12. The van der Waals surface area contributed by atoms with E-state index in [1.807, 2.05) is 56.4 Å². The van der Waals surface area contributed by atoms with E-state index in [1.54, 1.807) is 0 Å². The zero-order chi connectivity index (χ0) is 21.5. The van der Waals surface area contributed by atoms with E-state index in [4.69, 9.17) is 5.48 Å². The van der Waals surface area contributed by atoms with Crippen molar-refractivity contribution in [1.29, 1.82) is 0 Å². The molecule has 4 rings (SSSR count). The van der Waals surface area contributed by atoms with Gasteiger partial charge in [-0.1, -0.05) is 49.2 Å². The Bertz CT molecular complexity index is 1060. The Balaban J connectivity index is 1.85. The molecule has 0 aliphatic heterocycles. The summed E-state index contributed by atoms with van der Waals surface area (Å²) in [5.74, 6) is -0.481. The maximum Gasteiger partial charge on any atom is 0.212 e. The van der Waals surface area contributed by atoms with Crippen LogP contribution in [0.5, 0.6) is 0 Å². The number of rotatable bonds is 3. The molecule has 1 heterocycles. The van der Waals surface area contributed by atoms with Crippen molar-refractivity contribution in [3.8, 4) is 22.4 Å². The first-order valence-electron chi connectivity index (χ1n) is 11.4. The van der Waals surface area contributed by atoms with E-state index in [9.17, 15) is 0 Å². The molecular formula is C25H28N+. The summed E-state index contributed by atoms with van der Waals surface area (Å²) in [5, 5.41) is 0. The maximum atomic E-state index is 8.80. The van der Waals surface area contributed by atoms with E-state index >= 15 is 0 Å². The molecule has 0 bridgehead atoms. The molecule has 1 fully saturated rings. The average molecular weight is 347 g/mol. The molecule has 1 aromatic heterocycles. The Morgan fingerprint density at radius 1 is 0.962 bits per heavy atom. The van der Waals surface area contributed by atoms with E-state index in [0.29, 0.717) is 5.56 Å². The Kier molecular flexibility index (Phi) is 3.50. The summed E-state index contributed by atoms with van der Waals surface area (Å²) in [6.07, 6.45) is 6.14. The molecule has 1 saturated carbocycles. The zero-order valence-electron chi connectivity index (χ0n) is 19.5. The fourth-order valence-corrected chi connectivity index (χ4v) is 4.03. The van der Waals surface area contributed by atoms with E-state index in [0.717, 1.165) is 59.2 Å². The van der Waals surface area contributed by atoms with Crippen molar-refractivity contribution < 1.29 is 10.1 Å². The van der Waals surface area contributed by atoms with E-state index in [2.05, 4.69) is 22.9 Å². The number of aromatic nitrogens is 1. The van der Waals surface area contributed by atoms with Crippen molar-refractivity contribution in [2.45, 2.75) is 45.4 Å². The van der Waals surface area contributed by atoms with Crippen LogP contribution in [-0.2, 0) is 7.05 Å². The third kappa shape index (κ3) is 3.19. The van der Waals surface area contributed by atoms with Crippen molar-refractivity contribution in [3.05, 3.63) is 77.5 Å². The van der Waals surface area contributed by atoms with Crippen molar-refractivity contribution >= 4 is 0 Å². The molecular weight excluding hydrogens is 314 g/mol. The lowest BCUT2D eigenvalue weighted by Crippen LogP contribution is -2.31. The van der Waals surface area contributed by atoms with Gasteiger partial charge in [0.15, 0.2) is 6.20 Å². The summed E-state index contributed by atoms with van der Waals surface area (Å²) in [6.45, 7) is -0.212. The fraction of sp³-hybridized carbons (Fsp3) is 0.320. The van der Waals surface area contributed by atoms with Gasteiger partial charge in [0.05, 0.1) is 0 Å². The van der Waals surface area contributed by atoms with Gasteiger partial charge in [-0.25, -0.2) is 4.57 Å². The van der Waals surface area contributed by atoms with Gasteiger partial charge >= 0.3 is 0 Å². The fourth-order valence-electron chi connectivity index (χ4n) is 4.03. The van der Waals surface area contributed by atoms with E-state index in [1.165, 1.54) is 0 Å². The minimum absolute atomic E-state index is 0.380. The molecule has 0 spiro atoms. The van der Waals surface area contributed by atoms with Crippen molar-refractivity contribution in [1.82, 2.24) is 0 Å². The van der Waals surface area contributed by atoms with Crippen molar-refractivity contribution in [2.75, 3.05) is 0 Å². The lowest BCUT2D eigenvalue weighted by molar-refractivity contribution is -0.660. The lowest BCUT2D eigenvalue weighted by Gasteiger charge is -2.13. The number of pyridine rings is 1. The molecule has 2 aromatic carbocycles. The second-order valence-electron chi connectivity index (χ2n) is 7.30. The number of nitrogens with zero attached hydrogens (tertiary/aromatic N) is 1. The molecule has 132 valence electrons. The average Bonchev–Trinajstić information content (AvgIpc) is 3.16. The second-order valence-corrected chi connectivity index (χ2v) is 7.30. The Morgan fingerprint density at radius 2 is 1.73 bits per heavy atom. The first kappa shape index (κ1) is 12.9. The summed E-state index contributed by atoms with van der Waals surface area (Å²) in [6, 6.07) is 17.7. The number of aryl methyl sites for hydroxylation is 3. The van der Waals surface area contributed by atoms with Crippen molar-refractivity contribution in [2.24, 2.45) is 7.05 Å². The Labute approximate surface area is 163 Å². The third-order valence-corrected chi connectivity index (χ3v) is 5.47. The van der Waals surface area contributed by atoms with E-state index in [-0.39, 0.29) is 0 Å². The third-order valence-electron chi connectivity index (χ3n) is 5.47. The van der Waals surface area contributed by atoms with Gasteiger partial charge in [-0.2, -0.15) is 0 Å². The maximum absolute atomic E-state index is 8.80. The summed E-state index contributed by atoms with van der Waals surface area (Å²) in [4.78, 5) is 0. The smallest absolute Gasteiger partial charge is 0.201 e. The van der Waals surface area contributed by atoms with Crippen LogP contribution in [0, 0.1) is 13.8 Å². The molecule has 0 amide bonds. The van der Waals surface area contributed by atoms with Crippen LogP contribution >= 0.6 is 0 Å². The number of benzene rings is 2. The van der Waals surface area contributed by atoms with Gasteiger partial charge < -0.3 is 0 Å². The van der Waals surface area contributed by atoms with Crippen LogP contribution < -0.4 is 4.57 Å². The standard InChI is InChI=1S/C25H28N/c1-18-15-19(2)24(16-23(18)21-11-5-4-6-12-21)25-14-13-22(17-26(25)3)20-9-7-8-10-20/h4-6,11-17,20H,7-10H2,1-3H3/q+1/i1D3,20D. The summed E-state index contributed by atoms with van der Waals surface area (Å²) < 4.78 is 35.0. The molecule has 0 saturated heterocycles. The molecule has 1 nitrogen and oxygen atoms in total. The molecule has 3 aromatic rings. The summed E-state index contributed by atoms with van der Waals surface area (Å²) in [7, 11) is 2.01. The molecule has 1 aliphatic carbocycles. The first-order chi connectivity index (χ1) is 14.2. The zero-order valence-corrected chi connectivity index (χ0v) is 15.5. The highest BCUT2D eigenvalue weighted by atomic mass is 14.9. The Hall–Kier alpha value is -2.41. The summed E-state index contributed by atoms with van der Waals surface area (Å²) >= 11 is 0. The van der Waals surface area contributed by atoms with Crippen LogP contribution in [0.4, 0.5) is 0 Å². The van der Waals surface area contributed by atoms with Gasteiger partial charge in [0, 0.05) is 22.7 Å². The molecule has 1 heteroatoms. The molecule has 26 heavy (non-hydrogen) atoms. The SMILES string of the molecule is [2H]C([2H])([2H])c1cc(C)c(-c2ccc(C3([2H])CCCC3)c[n+]2C)cc1-c1ccccc1. The quantitative estimate of drug-likeness (QED) is 0.503. The summed E-state index contributed by atoms with van der Waals surface area (Å²) in [5.41, 5.74) is 6.06. The highest BCUT2D eigenvalue weighted by Crippen LogP contribution is 2.35. The highest BCUT2D eigenvalue weighted by molar-refractivity contribution is 5.75. The highest BCUT2D eigenvalue weighted by Gasteiger charge is 2.21. The lowest BCUT2D eigenvalue weighted by atomic mass is 9.92. The van der Waals surface area contributed by atoms with Crippen molar-refractivity contribution in [3.63, 3.8) is 0 Å². The van der Waals surface area contributed by atoms with Gasteiger partial charge in [-0.3, -0.25) is 0 Å². The topological polar surface area (TPSA) is 3.88 Å². The minimum Gasteiger partial charge on any atom is -0.201 e. The van der Waals surface area contributed by atoms with Crippen LogP contribution in [0.1, 0.15) is 53.8 Å². The molecule has 0 radical (unpaired) electrons. The van der Waals surface area contributed by atoms with Crippen LogP contribution in [0.15, 0.2) is 60.8 Å². The molecule has 0 unspecified atom stereocenters. The normalized spacial score (nSPS) is 18.7. The van der Waals surface area contributed by atoms with Crippen LogP contribution in [0.25, 0.3) is 22.4 Å². The van der Waals surface area contributed by atoms with Crippen LogP contribution in [-0.4, -0.2) is 0 Å². The van der Waals surface area contributed by atoms with Gasteiger partial charge in [0.2, 0.25) is 5.69 Å². The second kappa shape index (κ2) is 7.07. The monoisotopic (exact) mass is 346 g/mol. The van der Waals surface area contributed by atoms with Gasteiger partial charge in [-0.15, -0.1) is 0 Å². The molecule has 0 atom stereocenters. The minimum atomic E-state index is -2.18. The molecule has 1 aliphatic rings. The Morgan fingerprint density at radius 3 is 2.42 bits per heavy atom. The van der Waals surface area contributed by atoms with Gasteiger partial charge in [-0.05, 0) is 66.9 Å². The first-order valence-corrected chi connectivity index (χ1v) is 9.40. The van der Waals surface area contributed by atoms with Crippen LogP contribution in [0.3, 0.4) is 0 Å². The number of hydrogen-bond acceptors (Lipinski definition) is 0. The number of hydrogen-bond donors (Lipinski definition) is 0. The van der Waals surface area contributed by atoms with E-state index < -0.39 is 12.7 Å². The molecule has 0 N–H and O–H groups in total. The predicted molar refractivity (Wildman–Crippen MR) is 109 cm³/mol. The van der Waals surface area contributed by atoms with Gasteiger partial charge in [0.1, 0.15) is 7.05 Å². The van der Waals surface area contributed by atoms with Gasteiger partial charge in [0.25, 0.3) is 0 Å². The van der Waals surface area contributed by atoms with Crippen LogP contribution in [0.2, 0.25) is 0 Å². The largest absolute Gasteiger partial charge is 0.212 e.